The maximum Gasteiger partial charge on any atom is 0.417 e. The highest BCUT2D eigenvalue weighted by Gasteiger charge is 2.23. The van der Waals surface area contributed by atoms with Gasteiger partial charge in [-0.3, -0.25) is 4.90 Å². The monoisotopic (exact) mass is 452 g/mol. The van der Waals surface area contributed by atoms with Gasteiger partial charge in [0.1, 0.15) is 23.9 Å². The molecule has 2 aliphatic heterocycles. The Hall–Kier alpha value is -3.46. The zero-order valence-corrected chi connectivity index (χ0v) is 18.6. The van der Waals surface area contributed by atoms with Crippen molar-refractivity contribution in [1.82, 2.24) is 9.97 Å². The van der Waals surface area contributed by atoms with E-state index in [1.807, 2.05) is 6.92 Å². The number of fused-ring (bicyclic) bond motifs is 2. The number of pyridine rings is 2. The highest BCUT2D eigenvalue weighted by Crippen LogP contribution is 2.37. The molecule has 33 heavy (non-hydrogen) atoms. The number of ether oxygens (including phenoxy) is 3. The average molecular weight is 452 g/mol. The van der Waals surface area contributed by atoms with Gasteiger partial charge < -0.3 is 19.5 Å². The third kappa shape index (κ3) is 4.16. The fourth-order valence-electron chi connectivity index (χ4n) is 4.13. The molecule has 2 aliphatic rings. The van der Waals surface area contributed by atoms with Crippen LogP contribution in [-0.4, -0.2) is 49.2 Å². The summed E-state index contributed by atoms with van der Waals surface area (Å²) in [4.78, 5) is 22.6. The molecule has 1 saturated heterocycles. The predicted octanol–water partition coefficient (Wildman–Crippen LogP) is 4.65. The van der Waals surface area contributed by atoms with Gasteiger partial charge in [0.05, 0.1) is 6.61 Å². The number of nitrogens with one attached hydrogen (secondary N) is 1. The van der Waals surface area contributed by atoms with Crippen molar-refractivity contribution in [1.29, 1.82) is 0 Å². The highest BCUT2D eigenvalue weighted by atomic mass is 19.1. The maximum atomic E-state index is 15.1. The van der Waals surface area contributed by atoms with Crippen LogP contribution in [0.1, 0.15) is 24.8 Å². The van der Waals surface area contributed by atoms with Crippen LogP contribution >= 0.6 is 0 Å². The number of carbonyl (C=O) groups excluding carboxylic acids is 1. The van der Waals surface area contributed by atoms with E-state index >= 15 is 4.39 Å². The molecule has 2 aromatic heterocycles. The molecule has 1 N–H and O–H groups in total. The van der Waals surface area contributed by atoms with E-state index < -0.39 is 12.4 Å². The maximum absolute atomic E-state index is 15.1. The minimum atomic E-state index is -0.545. The van der Waals surface area contributed by atoms with E-state index in [9.17, 15) is 4.79 Å². The summed E-state index contributed by atoms with van der Waals surface area (Å²) in [5, 5.41) is 4.65. The molecule has 0 unspecified atom stereocenters. The summed E-state index contributed by atoms with van der Waals surface area (Å²) in [5.74, 6) is 0.550. The number of hydrogen-bond donors (Lipinski definition) is 1. The second-order valence-electron chi connectivity index (χ2n) is 8.21. The van der Waals surface area contributed by atoms with Crippen LogP contribution in [0, 0.1) is 12.7 Å². The van der Waals surface area contributed by atoms with Crippen LogP contribution in [0.25, 0.3) is 21.9 Å². The van der Waals surface area contributed by atoms with Crippen LogP contribution < -0.4 is 15.0 Å². The molecule has 0 saturated carbocycles. The largest absolute Gasteiger partial charge is 0.474 e. The first-order valence-corrected chi connectivity index (χ1v) is 11.0. The van der Waals surface area contributed by atoms with Gasteiger partial charge in [-0.2, -0.15) is 0 Å². The first-order valence-electron chi connectivity index (χ1n) is 11.0. The third-order valence-electron chi connectivity index (χ3n) is 6.02. The molecule has 1 amide bonds. The van der Waals surface area contributed by atoms with Gasteiger partial charge in [-0.1, -0.05) is 0 Å². The Labute approximate surface area is 190 Å². The van der Waals surface area contributed by atoms with E-state index in [2.05, 4.69) is 15.3 Å². The van der Waals surface area contributed by atoms with Crippen LogP contribution in [0.15, 0.2) is 30.6 Å². The standard InChI is InChI=1S/C24H25FN4O4/c1-14-18(13-28-23-22(14)26-6-8-32-23)17-9-15-11-20(27-12-16(15)10-19(17)25)29(2)24(30)33-21-5-3-4-7-31-21/h9-13,21,26H,3-8H2,1-2H3/t21-/m1/s1. The molecule has 3 aromatic rings. The molecule has 5 rings (SSSR count). The molecule has 4 heterocycles. The van der Waals surface area contributed by atoms with E-state index in [-0.39, 0.29) is 5.82 Å². The fraction of sp³-hybridized carbons (Fsp3) is 0.375. The van der Waals surface area contributed by atoms with E-state index in [4.69, 9.17) is 14.2 Å². The molecular formula is C24H25FN4O4. The SMILES string of the molecule is Cc1c(-c2cc3cc(N(C)C(=O)O[C@@H]4CCCCO4)ncc3cc2F)cnc2c1NCCO2. The number of amides is 1. The number of carbonyl (C=O) groups is 1. The molecule has 1 atom stereocenters. The quantitative estimate of drug-likeness (QED) is 0.619. The van der Waals surface area contributed by atoms with Crippen molar-refractivity contribution in [3.05, 3.63) is 42.0 Å². The van der Waals surface area contributed by atoms with E-state index in [1.165, 1.54) is 11.0 Å². The van der Waals surface area contributed by atoms with Crippen molar-refractivity contribution >= 4 is 28.4 Å². The van der Waals surface area contributed by atoms with Crippen molar-refractivity contribution in [3.63, 3.8) is 0 Å². The summed E-state index contributed by atoms with van der Waals surface area (Å²) in [5.41, 5.74) is 2.73. The van der Waals surface area contributed by atoms with Crippen LogP contribution in [-0.2, 0) is 9.47 Å². The van der Waals surface area contributed by atoms with Crippen molar-refractivity contribution < 1.29 is 23.4 Å². The second kappa shape index (κ2) is 8.82. The summed E-state index contributed by atoms with van der Waals surface area (Å²) < 4.78 is 31.6. The molecule has 1 fully saturated rings. The number of hydrogen-bond acceptors (Lipinski definition) is 7. The van der Waals surface area contributed by atoms with E-state index in [0.29, 0.717) is 54.4 Å². The zero-order chi connectivity index (χ0) is 22.9. The average Bonchev–Trinajstić information content (AvgIpc) is 2.84. The molecule has 172 valence electrons. The van der Waals surface area contributed by atoms with Crippen molar-refractivity contribution in [2.24, 2.45) is 0 Å². The number of nitrogens with zero attached hydrogens (tertiary/aromatic N) is 3. The minimum absolute atomic E-state index is 0.374. The molecule has 0 radical (unpaired) electrons. The van der Waals surface area contributed by atoms with Gasteiger partial charge in [-0.05, 0) is 48.9 Å². The number of anilines is 2. The van der Waals surface area contributed by atoms with Crippen LogP contribution in [0.5, 0.6) is 5.88 Å². The summed E-state index contributed by atoms with van der Waals surface area (Å²) >= 11 is 0. The summed E-state index contributed by atoms with van der Waals surface area (Å²) in [7, 11) is 1.59. The molecule has 1 aromatic carbocycles. The summed E-state index contributed by atoms with van der Waals surface area (Å²) in [6.45, 7) is 3.71. The Kier molecular flexibility index (Phi) is 5.72. The number of benzene rings is 1. The second-order valence-corrected chi connectivity index (χ2v) is 8.21. The number of halogens is 1. The van der Waals surface area contributed by atoms with Crippen molar-refractivity contribution in [2.75, 3.05) is 37.0 Å². The van der Waals surface area contributed by atoms with Gasteiger partial charge in [-0.25, -0.2) is 19.2 Å². The first-order chi connectivity index (χ1) is 16.0. The third-order valence-corrected chi connectivity index (χ3v) is 6.02. The Morgan fingerprint density at radius 3 is 2.85 bits per heavy atom. The lowest BCUT2D eigenvalue weighted by molar-refractivity contribution is -0.124. The zero-order valence-electron chi connectivity index (χ0n) is 18.6. The Morgan fingerprint density at radius 1 is 1.15 bits per heavy atom. The van der Waals surface area contributed by atoms with Gasteiger partial charge >= 0.3 is 6.09 Å². The summed E-state index contributed by atoms with van der Waals surface area (Å²) in [6, 6.07) is 4.93. The van der Waals surface area contributed by atoms with Gasteiger partial charge in [-0.15, -0.1) is 0 Å². The lowest BCUT2D eigenvalue weighted by Crippen LogP contribution is -2.34. The number of rotatable bonds is 3. The fourth-order valence-corrected chi connectivity index (χ4v) is 4.13. The highest BCUT2D eigenvalue weighted by molar-refractivity contribution is 5.93. The Balaban J connectivity index is 1.46. The topological polar surface area (TPSA) is 85.8 Å². The Morgan fingerprint density at radius 2 is 2.03 bits per heavy atom. The Bertz CT molecular complexity index is 1210. The van der Waals surface area contributed by atoms with Crippen LogP contribution in [0.3, 0.4) is 0 Å². The molecule has 9 heteroatoms. The van der Waals surface area contributed by atoms with Crippen molar-refractivity contribution in [3.8, 4) is 17.0 Å². The van der Waals surface area contributed by atoms with Gasteiger partial charge in [0.25, 0.3) is 0 Å². The normalized spacial score (nSPS) is 17.6. The number of aromatic nitrogens is 2. The van der Waals surface area contributed by atoms with Crippen LogP contribution in [0.2, 0.25) is 0 Å². The lowest BCUT2D eigenvalue weighted by Gasteiger charge is -2.25. The van der Waals surface area contributed by atoms with E-state index in [1.54, 1.807) is 31.6 Å². The lowest BCUT2D eigenvalue weighted by atomic mass is 9.98. The molecule has 0 spiro atoms. The minimum Gasteiger partial charge on any atom is -0.474 e. The van der Waals surface area contributed by atoms with Gasteiger partial charge in [0.2, 0.25) is 12.2 Å². The predicted molar refractivity (Wildman–Crippen MR) is 122 cm³/mol. The van der Waals surface area contributed by atoms with Gasteiger partial charge in [0, 0.05) is 48.9 Å². The van der Waals surface area contributed by atoms with Crippen molar-refractivity contribution in [2.45, 2.75) is 32.5 Å². The molecule has 8 nitrogen and oxygen atoms in total. The van der Waals surface area contributed by atoms with E-state index in [0.717, 1.165) is 29.5 Å². The van der Waals surface area contributed by atoms with Crippen LogP contribution in [0.4, 0.5) is 20.7 Å². The summed E-state index contributed by atoms with van der Waals surface area (Å²) in [6.07, 6.45) is 4.71. The molecular weight excluding hydrogens is 427 g/mol. The first kappa shape index (κ1) is 21.4. The molecule has 0 bridgehead atoms. The molecule has 0 aliphatic carbocycles. The smallest absolute Gasteiger partial charge is 0.417 e. The van der Waals surface area contributed by atoms with Gasteiger partial charge in [0.15, 0.2) is 0 Å².